The van der Waals surface area contributed by atoms with E-state index < -0.39 is 0 Å². The van der Waals surface area contributed by atoms with E-state index in [1.54, 1.807) is 12.1 Å². The first-order valence-electron chi connectivity index (χ1n) is 6.39. The molecule has 0 atom stereocenters. The smallest absolute Gasteiger partial charge is 0.258 e. The molecule has 0 amide bonds. The highest BCUT2D eigenvalue weighted by atomic mass is 127. The highest BCUT2D eigenvalue weighted by molar-refractivity contribution is 14.1. The van der Waals surface area contributed by atoms with E-state index in [0.29, 0.717) is 5.92 Å². The van der Waals surface area contributed by atoms with Crippen molar-refractivity contribution in [2.75, 3.05) is 0 Å². The van der Waals surface area contributed by atoms with Crippen molar-refractivity contribution >= 4 is 48.7 Å². The minimum atomic E-state index is -0.368. The molecule has 102 valence electrons. The van der Waals surface area contributed by atoms with Crippen molar-refractivity contribution in [1.82, 2.24) is 0 Å². The molecule has 19 heavy (non-hydrogen) atoms. The molecule has 0 N–H and O–H groups in total. The van der Waals surface area contributed by atoms with E-state index in [-0.39, 0.29) is 10.6 Å². The zero-order chi connectivity index (χ0) is 13.8. The lowest BCUT2D eigenvalue weighted by molar-refractivity contribution is -0.384. The minimum absolute atomic E-state index is 0.136. The molecule has 0 unspecified atom stereocenters. The number of non-ortho nitro benzene ring substituents is 1. The Kier molecular flexibility index (Phi) is 5.38. The van der Waals surface area contributed by atoms with Gasteiger partial charge in [-0.05, 0) is 75.0 Å². The largest absolute Gasteiger partial charge is 0.269 e. The van der Waals surface area contributed by atoms with Gasteiger partial charge in [-0.2, -0.15) is 0 Å². The molecule has 1 aromatic carbocycles. The molecule has 0 bridgehead atoms. The van der Waals surface area contributed by atoms with Crippen LogP contribution in [0.15, 0.2) is 27.8 Å². The third-order valence-corrected chi connectivity index (χ3v) is 6.55. The number of nitrogens with zero attached hydrogens (tertiary/aromatic N) is 1. The van der Waals surface area contributed by atoms with E-state index in [1.807, 2.05) is 12.1 Å². The Labute approximate surface area is 134 Å². The standard InChI is InChI=1S/C14H15BrINO2/c15-13(14(16)11-4-2-1-3-5-11)10-6-8-12(9-7-10)17(18)19/h6-9,11H,1-5H2/b14-13+. The zero-order valence-corrected chi connectivity index (χ0v) is 14.2. The van der Waals surface area contributed by atoms with Gasteiger partial charge in [0.25, 0.3) is 5.69 Å². The molecule has 2 rings (SSSR count). The summed E-state index contributed by atoms with van der Waals surface area (Å²) in [6, 6.07) is 6.73. The van der Waals surface area contributed by atoms with Crippen LogP contribution in [0.1, 0.15) is 37.7 Å². The van der Waals surface area contributed by atoms with Gasteiger partial charge in [0.2, 0.25) is 0 Å². The Morgan fingerprint density at radius 1 is 1.21 bits per heavy atom. The molecular formula is C14H15BrINO2. The Morgan fingerprint density at radius 3 is 2.32 bits per heavy atom. The summed E-state index contributed by atoms with van der Waals surface area (Å²) < 4.78 is 2.42. The topological polar surface area (TPSA) is 43.1 Å². The van der Waals surface area contributed by atoms with Gasteiger partial charge < -0.3 is 0 Å². The van der Waals surface area contributed by atoms with Crippen LogP contribution in [0.2, 0.25) is 0 Å². The lowest BCUT2D eigenvalue weighted by atomic mass is 9.88. The third kappa shape index (κ3) is 3.78. The quantitative estimate of drug-likeness (QED) is 0.348. The maximum atomic E-state index is 10.6. The van der Waals surface area contributed by atoms with Gasteiger partial charge in [0.1, 0.15) is 0 Å². The maximum absolute atomic E-state index is 10.6. The Morgan fingerprint density at radius 2 is 1.79 bits per heavy atom. The predicted molar refractivity (Wildman–Crippen MR) is 89.5 cm³/mol. The maximum Gasteiger partial charge on any atom is 0.269 e. The van der Waals surface area contributed by atoms with Crippen LogP contribution in [-0.4, -0.2) is 4.92 Å². The van der Waals surface area contributed by atoms with Crippen molar-refractivity contribution in [2.45, 2.75) is 32.1 Å². The molecule has 1 aromatic rings. The second-order valence-corrected chi connectivity index (χ2v) is 6.76. The summed E-state index contributed by atoms with van der Waals surface area (Å²) in [4.78, 5) is 10.3. The van der Waals surface area contributed by atoms with Gasteiger partial charge in [-0.25, -0.2) is 0 Å². The fraction of sp³-hybridized carbons (Fsp3) is 0.429. The van der Waals surface area contributed by atoms with Crippen LogP contribution in [0, 0.1) is 16.0 Å². The summed E-state index contributed by atoms with van der Waals surface area (Å²) in [6.45, 7) is 0. The van der Waals surface area contributed by atoms with Crippen LogP contribution in [-0.2, 0) is 0 Å². The van der Waals surface area contributed by atoms with Gasteiger partial charge in [-0.3, -0.25) is 10.1 Å². The molecule has 1 aliphatic carbocycles. The SMILES string of the molecule is O=[N+]([O-])c1ccc(/C(Br)=C(\I)C2CCCCC2)cc1. The number of allylic oxidation sites excluding steroid dienone is 1. The number of hydrogen-bond donors (Lipinski definition) is 0. The van der Waals surface area contributed by atoms with E-state index >= 15 is 0 Å². The first-order chi connectivity index (χ1) is 9.09. The van der Waals surface area contributed by atoms with Gasteiger partial charge in [0.15, 0.2) is 0 Å². The molecule has 1 fully saturated rings. The normalized spacial score (nSPS) is 18.0. The number of halogens is 2. The van der Waals surface area contributed by atoms with Gasteiger partial charge in [0.05, 0.1) is 4.92 Å². The van der Waals surface area contributed by atoms with Crippen molar-refractivity contribution in [2.24, 2.45) is 5.92 Å². The predicted octanol–water partition coefficient (Wildman–Crippen LogP) is 5.67. The number of nitro benzene ring substituents is 1. The van der Waals surface area contributed by atoms with Crippen LogP contribution in [0.5, 0.6) is 0 Å². The molecule has 1 aliphatic rings. The van der Waals surface area contributed by atoms with Crippen LogP contribution < -0.4 is 0 Å². The van der Waals surface area contributed by atoms with Crippen molar-refractivity contribution in [3.63, 3.8) is 0 Å². The Hall–Kier alpha value is -0.430. The number of benzene rings is 1. The fourth-order valence-electron chi connectivity index (χ4n) is 2.40. The number of rotatable bonds is 3. The van der Waals surface area contributed by atoms with E-state index in [1.165, 1.54) is 35.7 Å². The summed E-state index contributed by atoms with van der Waals surface area (Å²) in [7, 11) is 0. The van der Waals surface area contributed by atoms with Gasteiger partial charge in [-0.15, -0.1) is 0 Å². The average Bonchev–Trinajstić information content (AvgIpc) is 2.46. The monoisotopic (exact) mass is 435 g/mol. The number of nitro groups is 1. The lowest BCUT2D eigenvalue weighted by Crippen LogP contribution is -2.06. The van der Waals surface area contributed by atoms with E-state index in [0.717, 1.165) is 10.0 Å². The summed E-state index contributed by atoms with van der Waals surface area (Å²) in [5.74, 6) is 0.638. The van der Waals surface area contributed by atoms with Crippen molar-refractivity contribution < 1.29 is 4.92 Å². The van der Waals surface area contributed by atoms with Crippen molar-refractivity contribution in [3.05, 3.63) is 43.5 Å². The second kappa shape index (κ2) is 6.83. The molecule has 1 saturated carbocycles. The zero-order valence-electron chi connectivity index (χ0n) is 10.4. The Bertz CT molecular complexity index is 493. The summed E-state index contributed by atoms with van der Waals surface area (Å²) in [6.07, 6.45) is 6.45. The second-order valence-electron chi connectivity index (χ2n) is 4.80. The van der Waals surface area contributed by atoms with Crippen molar-refractivity contribution in [1.29, 1.82) is 0 Å². The molecule has 0 saturated heterocycles. The third-order valence-electron chi connectivity index (χ3n) is 3.50. The average molecular weight is 436 g/mol. The van der Waals surface area contributed by atoms with Crippen LogP contribution in [0.25, 0.3) is 4.48 Å². The Balaban J connectivity index is 2.21. The van der Waals surface area contributed by atoms with Crippen LogP contribution in [0.4, 0.5) is 5.69 Å². The van der Waals surface area contributed by atoms with Gasteiger partial charge in [-0.1, -0.05) is 19.3 Å². The summed E-state index contributed by atoms with van der Waals surface area (Å²) >= 11 is 6.06. The molecule has 0 radical (unpaired) electrons. The molecule has 0 aromatic heterocycles. The highest BCUT2D eigenvalue weighted by Gasteiger charge is 2.19. The fourth-order valence-corrected chi connectivity index (χ4v) is 3.92. The molecule has 0 heterocycles. The minimum Gasteiger partial charge on any atom is -0.258 e. The van der Waals surface area contributed by atoms with E-state index in [2.05, 4.69) is 38.5 Å². The van der Waals surface area contributed by atoms with Crippen molar-refractivity contribution in [3.8, 4) is 0 Å². The van der Waals surface area contributed by atoms with Gasteiger partial charge in [0, 0.05) is 20.2 Å². The highest BCUT2D eigenvalue weighted by Crippen LogP contribution is 2.40. The molecule has 3 nitrogen and oxygen atoms in total. The molecule has 0 spiro atoms. The van der Waals surface area contributed by atoms with Crippen LogP contribution in [0.3, 0.4) is 0 Å². The molecule has 0 aliphatic heterocycles. The summed E-state index contributed by atoms with van der Waals surface area (Å²) in [5.41, 5.74) is 1.15. The first kappa shape index (κ1) is 15.0. The first-order valence-corrected chi connectivity index (χ1v) is 8.27. The van der Waals surface area contributed by atoms with Crippen LogP contribution >= 0.6 is 38.5 Å². The summed E-state index contributed by atoms with van der Waals surface area (Å²) in [5, 5.41) is 10.6. The number of hydrogen-bond acceptors (Lipinski definition) is 2. The van der Waals surface area contributed by atoms with E-state index in [9.17, 15) is 10.1 Å². The lowest BCUT2D eigenvalue weighted by Gasteiger charge is -2.22. The molecule has 5 heteroatoms. The van der Waals surface area contributed by atoms with E-state index in [4.69, 9.17) is 0 Å². The molecular weight excluding hydrogens is 421 g/mol. The van der Waals surface area contributed by atoms with Gasteiger partial charge >= 0.3 is 0 Å².